The zero-order valence-electron chi connectivity index (χ0n) is 14.2. The molecule has 3 rings (SSSR count). The minimum absolute atomic E-state index is 0.611. The summed E-state index contributed by atoms with van der Waals surface area (Å²) in [6.45, 7) is 8.46. The molecule has 0 aliphatic heterocycles. The van der Waals surface area contributed by atoms with Crippen molar-refractivity contribution in [2.45, 2.75) is 33.7 Å². The summed E-state index contributed by atoms with van der Waals surface area (Å²) in [6, 6.07) is 8.63. The lowest BCUT2D eigenvalue weighted by Gasteiger charge is -2.13. The molecule has 3 aromatic rings. The van der Waals surface area contributed by atoms with Crippen LogP contribution in [0.15, 0.2) is 42.9 Å². The van der Waals surface area contributed by atoms with Crippen LogP contribution in [0.2, 0.25) is 0 Å². The Balaban J connectivity index is 2.22. The van der Waals surface area contributed by atoms with E-state index in [-0.39, 0.29) is 0 Å². The Morgan fingerprint density at radius 2 is 1.87 bits per heavy atom. The number of rotatable bonds is 5. The molecule has 0 radical (unpaired) electrons. The number of aryl methyl sites for hydroxylation is 1. The van der Waals surface area contributed by atoms with Gasteiger partial charge in [0, 0.05) is 30.5 Å². The van der Waals surface area contributed by atoms with Gasteiger partial charge in [-0.15, -0.1) is 0 Å². The molecule has 3 nitrogen and oxygen atoms in total. The number of nitrogens with zero attached hydrogens (tertiary/aromatic N) is 2. The molecule has 0 saturated heterocycles. The summed E-state index contributed by atoms with van der Waals surface area (Å²) in [5.74, 6) is 0.611. The molecule has 0 fully saturated rings. The van der Waals surface area contributed by atoms with Gasteiger partial charge in [0.15, 0.2) is 0 Å². The van der Waals surface area contributed by atoms with Gasteiger partial charge in [0.25, 0.3) is 0 Å². The molecule has 2 N–H and O–H groups in total. The molecule has 120 valence electrons. The van der Waals surface area contributed by atoms with Gasteiger partial charge in [-0.1, -0.05) is 26.0 Å². The highest BCUT2D eigenvalue weighted by atomic mass is 15.0. The molecule has 0 aliphatic rings. The van der Waals surface area contributed by atoms with Gasteiger partial charge < -0.3 is 10.3 Å². The molecule has 2 aromatic heterocycles. The predicted molar refractivity (Wildman–Crippen MR) is 97.5 cm³/mol. The monoisotopic (exact) mass is 307 g/mol. The second kappa shape index (κ2) is 6.55. The third-order valence-electron chi connectivity index (χ3n) is 4.34. The van der Waals surface area contributed by atoms with E-state index in [2.05, 4.69) is 60.8 Å². The van der Waals surface area contributed by atoms with Crippen LogP contribution in [0.3, 0.4) is 0 Å². The molecule has 2 heterocycles. The van der Waals surface area contributed by atoms with Crippen LogP contribution >= 0.6 is 0 Å². The lowest BCUT2D eigenvalue weighted by atomic mass is 9.98. The van der Waals surface area contributed by atoms with Gasteiger partial charge in [-0.05, 0) is 60.2 Å². The van der Waals surface area contributed by atoms with Gasteiger partial charge >= 0.3 is 0 Å². The molecular weight excluding hydrogens is 282 g/mol. The standard InChI is InChI=1S/C20H25N3/c1-14(2)12-23-13-17(6-9-21)19-5-4-18(15(3)20(19)23)16-7-10-22-11-8-16/h4-5,7-8,10-11,13-14H,6,9,12,21H2,1-3H3. The largest absolute Gasteiger partial charge is 0.347 e. The van der Waals surface area contributed by atoms with Crippen LogP contribution in [-0.2, 0) is 13.0 Å². The fourth-order valence-corrected chi connectivity index (χ4v) is 3.39. The fraction of sp³-hybridized carbons (Fsp3) is 0.350. The van der Waals surface area contributed by atoms with E-state index in [0.29, 0.717) is 12.5 Å². The molecule has 3 heteroatoms. The topological polar surface area (TPSA) is 43.8 Å². The van der Waals surface area contributed by atoms with Crippen LogP contribution in [-0.4, -0.2) is 16.1 Å². The lowest BCUT2D eigenvalue weighted by molar-refractivity contribution is 0.534. The molecule has 0 aliphatic carbocycles. The van der Waals surface area contributed by atoms with Crippen molar-refractivity contribution in [2.24, 2.45) is 11.7 Å². The SMILES string of the molecule is Cc1c(-c2ccncc2)ccc2c(CCN)cn(CC(C)C)c12. The summed E-state index contributed by atoms with van der Waals surface area (Å²) in [7, 11) is 0. The number of pyridine rings is 1. The summed E-state index contributed by atoms with van der Waals surface area (Å²) < 4.78 is 2.41. The summed E-state index contributed by atoms with van der Waals surface area (Å²) in [5.41, 5.74) is 12.3. The lowest BCUT2D eigenvalue weighted by Crippen LogP contribution is -2.04. The average Bonchev–Trinajstić information content (AvgIpc) is 2.87. The summed E-state index contributed by atoms with van der Waals surface area (Å²) >= 11 is 0. The van der Waals surface area contributed by atoms with Crippen molar-refractivity contribution in [3.05, 3.63) is 54.0 Å². The fourth-order valence-electron chi connectivity index (χ4n) is 3.39. The van der Waals surface area contributed by atoms with E-state index in [0.717, 1.165) is 13.0 Å². The van der Waals surface area contributed by atoms with Gasteiger partial charge in [-0.3, -0.25) is 4.98 Å². The number of fused-ring (bicyclic) bond motifs is 1. The number of nitrogens with two attached hydrogens (primary N) is 1. The number of hydrogen-bond acceptors (Lipinski definition) is 2. The Morgan fingerprint density at radius 3 is 2.52 bits per heavy atom. The van der Waals surface area contributed by atoms with Crippen molar-refractivity contribution in [3.8, 4) is 11.1 Å². The molecule has 0 unspecified atom stereocenters. The summed E-state index contributed by atoms with van der Waals surface area (Å²) in [5, 5.41) is 1.34. The number of aromatic nitrogens is 2. The van der Waals surface area contributed by atoms with Gasteiger partial charge in [0.1, 0.15) is 0 Å². The maximum absolute atomic E-state index is 5.80. The van der Waals surface area contributed by atoms with E-state index in [1.54, 1.807) is 0 Å². The molecule has 0 spiro atoms. The molecule has 0 saturated carbocycles. The Kier molecular flexibility index (Phi) is 4.49. The van der Waals surface area contributed by atoms with Crippen LogP contribution in [0.4, 0.5) is 0 Å². The number of benzene rings is 1. The second-order valence-corrected chi connectivity index (χ2v) is 6.61. The zero-order chi connectivity index (χ0) is 16.4. The van der Waals surface area contributed by atoms with E-state index >= 15 is 0 Å². The van der Waals surface area contributed by atoms with Gasteiger partial charge in [0.2, 0.25) is 0 Å². The average molecular weight is 307 g/mol. The van der Waals surface area contributed by atoms with Crippen molar-refractivity contribution in [2.75, 3.05) is 6.54 Å². The number of hydrogen-bond donors (Lipinski definition) is 1. The minimum atomic E-state index is 0.611. The van der Waals surface area contributed by atoms with Crippen molar-refractivity contribution in [1.82, 2.24) is 9.55 Å². The first-order valence-electron chi connectivity index (χ1n) is 8.33. The van der Waals surface area contributed by atoms with Gasteiger partial charge in [0.05, 0.1) is 5.52 Å². The normalized spacial score (nSPS) is 11.5. The van der Waals surface area contributed by atoms with E-state index in [1.165, 1.54) is 33.2 Å². The van der Waals surface area contributed by atoms with Crippen molar-refractivity contribution < 1.29 is 0 Å². The molecule has 0 bridgehead atoms. The molecule has 0 amide bonds. The highest BCUT2D eigenvalue weighted by Crippen LogP contribution is 2.32. The van der Waals surface area contributed by atoms with Crippen molar-refractivity contribution >= 4 is 10.9 Å². The summed E-state index contributed by atoms with van der Waals surface area (Å²) in [4.78, 5) is 4.13. The summed E-state index contributed by atoms with van der Waals surface area (Å²) in [6.07, 6.45) is 6.93. The quantitative estimate of drug-likeness (QED) is 0.769. The third-order valence-corrected chi connectivity index (χ3v) is 4.34. The first-order valence-corrected chi connectivity index (χ1v) is 8.33. The predicted octanol–water partition coefficient (Wildman–Crippen LogP) is 4.17. The van der Waals surface area contributed by atoms with Crippen LogP contribution in [0.1, 0.15) is 25.0 Å². The third kappa shape index (κ3) is 3.02. The van der Waals surface area contributed by atoms with E-state index < -0.39 is 0 Å². The molecule has 1 aromatic carbocycles. The maximum atomic E-state index is 5.80. The maximum Gasteiger partial charge on any atom is 0.0519 e. The second-order valence-electron chi connectivity index (χ2n) is 6.61. The zero-order valence-corrected chi connectivity index (χ0v) is 14.2. The van der Waals surface area contributed by atoms with E-state index in [1.807, 2.05) is 12.4 Å². The Hall–Kier alpha value is -2.13. The first-order chi connectivity index (χ1) is 11.1. The van der Waals surface area contributed by atoms with Gasteiger partial charge in [-0.25, -0.2) is 0 Å². The van der Waals surface area contributed by atoms with E-state index in [9.17, 15) is 0 Å². The Labute approximate surface area is 138 Å². The van der Waals surface area contributed by atoms with Crippen LogP contribution in [0.25, 0.3) is 22.0 Å². The molecule has 23 heavy (non-hydrogen) atoms. The smallest absolute Gasteiger partial charge is 0.0519 e. The molecular formula is C20H25N3. The van der Waals surface area contributed by atoms with Crippen LogP contribution in [0.5, 0.6) is 0 Å². The minimum Gasteiger partial charge on any atom is -0.347 e. The molecule has 0 atom stereocenters. The van der Waals surface area contributed by atoms with Gasteiger partial charge in [-0.2, -0.15) is 0 Å². The van der Waals surface area contributed by atoms with Crippen LogP contribution in [0, 0.1) is 12.8 Å². The highest BCUT2D eigenvalue weighted by molar-refractivity contribution is 5.92. The highest BCUT2D eigenvalue weighted by Gasteiger charge is 2.14. The Bertz CT molecular complexity index is 801. The van der Waals surface area contributed by atoms with Crippen molar-refractivity contribution in [1.29, 1.82) is 0 Å². The van der Waals surface area contributed by atoms with Crippen molar-refractivity contribution in [3.63, 3.8) is 0 Å². The van der Waals surface area contributed by atoms with E-state index in [4.69, 9.17) is 5.73 Å². The first kappa shape index (κ1) is 15.8. The van der Waals surface area contributed by atoms with Crippen LogP contribution < -0.4 is 5.73 Å². The Morgan fingerprint density at radius 1 is 1.13 bits per heavy atom.